The van der Waals surface area contributed by atoms with E-state index < -0.39 is 12.1 Å². The van der Waals surface area contributed by atoms with Gasteiger partial charge < -0.3 is 9.32 Å². The van der Waals surface area contributed by atoms with Crippen LogP contribution in [0.4, 0.5) is 18.9 Å². The van der Waals surface area contributed by atoms with E-state index in [9.17, 15) is 18.0 Å². The van der Waals surface area contributed by atoms with Crippen molar-refractivity contribution in [2.45, 2.75) is 20.0 Å². The van der Waals surface area contributed by atoms with Gasteiger partial charge in [0.2, 0.25) is 5.89 Å². The van der Waals surface area contributed by atoms with E-state index in [1.54, 1.807) is 0 Å². The molecule has 0 N–H and O–H groups in total. The molecule has 130 valence electrons. The Hall–Kier alpha value is -2.83. The summed E-state index contributed by atoms with van der Waals surface area (Å²) in [4.78, 5) is 16.5. The molecule has 0 fully saturated rings. The van der Waals surface area contributed by atoms with Crippen molar-refractivity contribution in [2.75, 3.05) is 11.4 Å². The Kier molecular flexibility index (Phi) is 4.24. The SMILES string of the molecule is CCN(C(=O)C(F)(F)F)c1ccc2nc(-c3ccc(C)cc3)oc2c1. The second-order valence-electron chi connectivity index (χ2n) is 5.58. The summed E-state index contributed by atoms with van der Waals surface area (Å²) < 4.78 is 43.8. The molecule has 0 aliphatic heterocycles. The van der Waals surface area contributed by atoms with Gasteiger partial charge in [-0.1, -0.05) is 17.7 Å². The van der Waals surface area contributed by atoms with E-state index in [4.69, 9.17) is 4.42 Å². The fourth-order valence-electron chi connectivity index (χ4n) is 2.50. The van der Waals surface area contributed by atoms with E-state index in [0.717, 1.165) is 11.1 Å². The Morgan fingerprint density at radius 2 is 1.84 bits per heavy atom. The molecule has 0 saturated carbocycles. The minimum Gasteiger partial charge on any atom is -0.436 e. The highest BCUT2D eigenvalue weighted by Gasteiger charge is 2.42. The number of benzene rings is 2. The van der Waals surface area contributed by atoms with Crippen molar-refractivity contribution in [3.8, 4) is 11.5 Å². The number of rotatable bonds is 3. The first-order valence-corrected chi connectivity index (χ1v) is 7.66. The Morgan fingerprint density at radius 3 is 2.44 bits per heavy atom. The first-order chi connectivity index (χ1) is 11.8. The largest absolute Gasteiger partial charge is 0.471 e. The Bertz CT molecular complexity index is 914. The quantitative estimate of drug-likeness (QED) is 0.688. The summed E-state index contributed by atoms with van der Waals surface area (Å²) in [6.07, 6.45) is -4.93. The normalized spacial score (nSPS) is 11.7. The summed E-state index contributed by atoms with van der Waals surface area (Å²) in [6.45, 7) is 3.33. The smallest absolute Gasteiger partial charge is 0.436 e. The van der Waals surface area contributed by atoms with Gasteiger partial charge in [0.25, 0.3) is 0 Å². The minimum absolute atomic E-state index is 0.108. The number of hydrogen-bond donors (Lipinski definition) is 0. The lowest BCUT2D eigenvalue weighted by Crippen LogP contribution is -2.41. The van der Waals surface area contributed by atoms with Crippen molar-refractivity contribution in [2.24, 2.45) is 0 Å². The molecule has 0 saturated heterocycles. The molecule has 1 heterocycles. The topological polar surface area (TPSA) is 46.3 Å². The predicted octanol–water partition coefficient (Wildman–Crippen LogP) is 4.72. The number of halogens is 3. The number of carbonyl (C=O) groups is 1. The highest BCUT2D eigenvalue weighted by molar-refractivity contribution is 5.98. The van der Waals surface area contributed by atoms with E-state index in [1.807, 2.05) is 31.2 Å². The molecule has 1 amide bonds. The van der Waals surface area contributed by atoms with Crippen LogP contribution in [0.2, 0.25) is 0 Å². The average Bonchev–Trinajstić information content (AvgIpc) is 2.98. The summed E-state index contributed by atoms with van der Waals surface area (Å²) in [5.74, 6) is -1.54. The van der Waals surface area contributed by atoms with Gasteiger partial charge in [-0.2, -0.15) is 13.2 Å². The molecule has 25 heavy (non-hydrogen) atoms. The molecule has 0 unspecified atom stereocenters. The van der Waals surface area contributed by atoms with Gasteiger partial charge in [0.15, 0.2) is 5.58 Å². The highest BCUT2D eigenvalue weighted by Crippen LogP contribution is 2.29. The van der Waals surface area contributed by atoms with Crippen LogP contribution in [0.1, 0.15) is 12.5 Å². The lowest BCUT2D eigenvalue weighted by molar-refractivity contribution is -0.170. The van der Waals surface area contributed by atoms with Gasteiger partial charge in [0.05, 0.1) is 0 Å². The molecule has 0 radical (unpaired) electrons. The zero-order valence-electron chi connectivity index (χ0n) is 13.6. The van der Waals surface area contributed by atoms with E-state index in [-0.39, 0.29) is 12.2 Å². The van der Waals surface area contributed by atoms with Crippen LogP contribution in [0.15, 0.2) is 46.9 Å². The zero-order valence-corrected chi connectivity index (χ0v) is 13.6. The van der Waals surface area contributed by atoms with Crippen LogP contribution in [0.3, 0.4) is 0 Å². The first kappa shape index (κ1) is 17.0. The van der Waals surface area contributed by atoms with E-state index >= 15 is 0 Å². The molecule has 0 aliphatic rings. The average molecular weight is 348 g/mol. The van der Waals surface area contributed by atoms with Crippen LogP contribution in [-0.2, 0) is 4.79 Å². The molecule has 1 aromatic heterocycles. The van der Waals surface area contributed by atoms with Crippen LogP contribution >= 0.6 is 0 Å². The molecule has 3 aromatic rings. The summed E-state index contributed by atoms with van der Waals surface area (Å²) in [6, 6.07) is 11.9. The number of hydrogen-bond acceptors (Lipinski definition) is 3. The van der Waals surface area contributed by atoms with Crippen molar-refractivity contribution < 1.29 is 22.4 Å². The minimum atomic E-state index is -4.93. The van der Waals surface area contributed by atoms with Crippen molar-refractivity contribution >= 4 is 22.7 Å². The maximum atomic E-state index is 12.7. The maximum Gasteiger partial charge on any atom is 0.471 e. The fraction of sp³-hybridized carbons (Fsp3) is 0.222. The third-order valence-electron chi connectivity index (χ3n) is 3.79. The lowest BCUT2D eigenvalue weighted by Gasteiger charge is -2.21. The van der Waals surface area contributed by atoms with Gasteiger partial charge >= 0.3 is 12.1 Å². The standard InChI is InChI=1S/C18H15F3N2O2/c1-3-23(17(24)18(19,20)21)13-8-9-14-15(10-13)25-16(22-14)12-6-4-11(2)5-7-12/h4-10H,3H2,1-2H3. The summed E-state index contributed by atoms with van der Waals surface area (Å²) in [5.41, 5.74) is 2.80. The summed E-state index contributed by atoms with van der Waals surface area (Å²) in [7, 11) is 0. The Morgan fingerprint density at radius 1 is 1.16 bits per heavy atom. The number of anilines is 1. The van der Waals surface area contributed by atoms with Crippen molar-refractivity contribution in [3.63, 3.8) is 0 Å². The molecule has 7 heteroatoms. The van der Waals surface area contributed by atoms with Crippen LogP contribution < -0.4 is 4.90 Å². The third kappa shape index (κ3) is 3.35. The van der Waals surface area contributed by atoms with Gasteiger partial charge in [-0.15, -0.1) is 0 Å². The van der Waals surface area contributed by atoms with Crippen LogP contribution in [0, 0.1) is 6.92 Å². The fourth-order valence-corrected chi connectivity index (χ4v) is 2.50. The van der Waals surface area contributed by atoms with Gasteiger partial charge in [0, 0.05) is 23.9 Å². The number of oxazole rings is 1. The number of carbonyl (C=O) groups excluding carboxylic acids is 1. The number of aryl methyl sites for hydroxylation is 1. The molecule has 0 spiro atoms. The molecule has 4 nitrogen and oxygen atoms in total. The monoisotopic (exact) mass is 348 g/mol. The number of alkyl halides is 3. The van der Waals surface area contributed by atoms with Crippen LogP contribution in [0.25, 0.3) is 22.6 Å². The highest BCUT2D eigenvalue weighted by atomic mass is 19.4. The van der Waals surface area contributed by atoms with Gasteiger partial charge in [-0.05, 0) is 38.1 Å². The molecule has 2 aromatic carbocycles. The Labute approximate surface area is 141 Å². The Balaban J connectivity index is 2.00. The predicted molar refractivity (Wildman–Crippen MR) is 88.3 cm³/mol. The molecule has 3 rings (SSSR count). The van der Waals surface area contributed by atoms with E-state index in [0.29, 0.717) is 21.9 Å². The van der Waals surface area contributed by atoms with E-state index in [2.05, 4.69) is 4.98 Å². The van der Waals surface area contributed by atoms with Crippen molar-refractivity contribution in [1.29, 1.82) is 0 Å². The zero-order chi connectivity index (χ0) is 18.2. The van der Waals surface area contributed by atoms with Crippen LogP contribution in [-0.4, -0.2) is 23.6 Å². The summed E-state index contributed by atoms with van der Waals surface area (Å²) >= 11 is 0. The number of fused-ring (bicyclic) bond motifs is 1. The molecule has 0 atom stereocenters. The van der Waals surface area contributed by atoms with Crippen molar-refractivity contribution in [1.82, 2.24) is 4.98 Å². The number of nitrogens with zero attached hydrogens (tertiary/aromatic N) is 2. The summed E-state index contributed by atoms with van der Waals surface area (Å²) in [5, 5.41) is 0. The second-order valence-corrected chi connectivity index (χ2v) is 5.58. The first-order valence-electron chi connectivity index (χ1n) is 7.66. The van der Waals surface area contributed by atoms with Gasteiger partial charge in [0.1, 0.15) is 5.52 Å². The lowest BCUT2D eigenvalue weighted by atomic mass is 10.1. The number of amides is 1. The maximum absolute atomic E-state index is 12.7. The van der Waals surface area contributed by atoms with Crippen molar-refractivity contribution in [3.05, 3.63) is 48.0 Å². The third-order valence-corrected chi connectivity index (χ3v) is 3.79. The van der Waals surface area contributed by atoms with E-state index in [1.165, 1.54) is 25.1 Å². The molecule has 0 bridgehead atoms. The number of aromatic nitrogens is 1. The molecule has 0 aliphatic carbocycles. The van der Waals surface area contributed by atoms with Gasteiger partial charge in [-0.25, -0.2) is 4.98 Å². The van der Waals surface area contributed by atoms with Crippen LogP contribution in [0.5, 0.6) is 0 Å². The van der Waals surface area contributed by atoms with Gasteiger partial charge in [-0.3, -0.25) is 4.79 Å². The molecular weight excluding hydrogens is 333 g/mol. The molecular formula is C18H15F3N2O2. The second kappa shape index (κ2) is 6.23.